The molecule has 4 nitrogen and oxygen atoms in total. The molecular formula is C13H10BrFN2O2. The smallest absolute Gasteiger partial charge is 0.354 e. The second-order valence-corrected chi connectivity index (χ2v) is 4.71. The van der Waals surface area contributed by atoms with Crippen molar-refractivity contribution in [3.05, 3.63) is 58.1 Å². The van der Waals surface area contributed by atoms with Crippen LogP contribution in [0, 0.1) is 5.82 Å². The molecule has 6 heteroatoms. The second-order valence-electron chi connectivity index (χ2n) is 3.80. The molecule has 98 valence electrons. The normalized spacial score (nSPS) is 10.2. The fraction of sp³-hybridized carbons (Fsp3) is 0.0769. The van der Waals surface area contributed by atoms with E-state index >= 15 is 0 Å². The predicted molar refractivity (Wildman–Crippen MR) is 72.6 cm³/mol. The maximum absolute atomic E-state index is 13.6. The maximum atomic E-state index is 13.6. The summed E-state index contributed by atoms with van der Waals surface area (Å²) in [5.74, 6) is -1.47. The zero-order valence-corrected chi connectivity index (χ0v) is 11.3. The van der Waals surface area contributed by atoms with Crippen LogP contribution in [-0.4, -0.2) is 16.1 Å². The fourth-order valence-corrected chi connectivity index (χ4v) is 1.85. The Balaban J connectivity index is 2.10. The molecule has 0 aliphatic carbocycles. The van der Waals surface area contributed by atoms with Gasteiger partial charge in [-0.05, 0) is 30.3 Å². The van der Waals surface area contributed by atoms with E-state index in [0.717, 1.165) is 0 Å². The lowest BCUT2D eigenvalue weighted by molar-refractivity contribution is 0.0690. The van der Waals surface area contributed by atoms with Crippen LogP contribution in [0.2, 0.25) is 0 Å². The Bertz CT molecular complexity index is 619. The van der Waals surface area contributed by atoms with Gasteiger partial charge in [-0.2, -0.15) is 0 Å². The Morgan fingerprint density at radius 2 is 2.16 bits per heavy atom. The molecule has 0 unspecified atom stereocenters. The molecule has 0 radical (unpaired) electrons. The molecule has 0 saturated heterocycles. The van der Waals surface area contributed by atoms with Crippen LogP contribution in [0.5, 0.6) is 0 Å². The second kappa shape index (κ2) is 5.79. The Morgan fingerprint density at radius 1 is 1.37 bits per heavy atom. The van der Waals surface area contributed by atoms with Crippen molar-refractivity contribution in [1.29, 1.82) is 0 Å². The molecule has 0 saturated carbocycles. The molecule has 0 bridgehead atoms. The number of halogens is 2. The van der Waals surface area contributed by atoms with Crippen LogP contribution in [0.15, 0.2) is 40.9 Å². The molecule has 1 aromatic heterocycles. The first-order valence-electron chi connectivity index (χ1n) is 5.44. The number of hydrogen-bond donors (Lipinski definition) is 2. The average Bonchev–Trinajstić information content (AvgIpc) is 2.38. The summed E-state index contributed by atoms with van der Waals surface area (Å²) in [6.07, 6.45) is 0. The van der Waals surface area contributed by atoms with E-state index < -0.39 is 5.97 Å². The number of rotatable bonds is 4. The van der Waals surface area contributed by atoms with E-state index in [1.54, 1.807) is 24.3 Å². The third kappa shape index (κ3) is 3.51. The number of carbonyl (C=O) groups is 1. The molecule has 19 heavy (non-hydrogen) atoms. The van der Waals surface area contributed by atoms with Gasteiger partial charge >= 0.3 is 5.97 Å². The quantitative estimate of drug-likeness (QED) is 0.905. The topological polar surface area (TPSA) is 62.2 Å². The first kappa shape index (κ1) is 13.5. The van der Waals surface area contributed by atoms with Gasteiger partial charge in [-0.3, -0.25) is 0 Å². The van der Waals surface area contributed by atoms with Crippen molar-refractivity contribution in [2.45, 2.75) is 6.54 Å². The van der Waals surface area contributed by atoms with Crippen molar-refractivity contribution >= 4 is 27.6 Å². The van der Waals surface area contributed by atoms with Crippen molar-refractivity contribution in [2.75, 3.05) is 5.32 Å². The molecule has 0 aliphatic rings. The van der Waals surface area contributed by atoms with Crippen LogP contribution >= 0.6 is 15.9 Å². The Morgan fingerprint density at radius 3 is 2.84 bits per heavy atom. The summed E-state index contributed by atoms with van der Waals surface area (Å²) >= 11 is 3.17. The third-order valence-corrected chi connectivity index (χ3v) is 2.91. The number of nitrogens with zero attached hydrogens (tertiary/aromatic N) is 1. The van der Waals surface area contributed by atoms with Gasteiger partial charge in [-0.1, -0.05) is 22.0 Å². The Kier molecular flexibility index (Phi) is 4.11. The summed E-state index contributed by atoms with van der Waals surface area (Å²) in [7, 11) is 0. The summed E-state index contributed by atoms with van der Waals surface area (Å²) in [6.45, 7) is 0.250. The molecule has 1 aromatic carbocycles. The summed E-state index contributed by atoms with van der Waals surface area (Å²) in [4.78, 5) is 14.7. The molecule has 1 heterocycles. The molecular weight excluding hydrogens is 315 g/mol. The highest BCUT2D eigenvalue weighted by molar-refractivity contribution is 9.10. The first-order valence-corrected chi connectivity index (χ1v) is 6.24. The first-order chi connectivity index (χ1) is 9.06. The van der Waals surface area contributed by atoms with Crippen molar-refractivity contribution in [3.8, 4) is 0 Å². The Hall–Kier alpha value is -1.95. The van der Waals surface area contributed by atoms with Gasteiger partial charge in [0.05, 0.1) is 17.9 Å². The summed E-state index contributed by atoms with van der Waals surface area (Å²) in [6, 6.07) is 9.35. The lowest BCUT2D eigenvalue weighted by Crippen LogP contribution is -2.07. The summed E-state index contributed by atoms with van der Waals surface area (Å²) in [5, 5.41) is 11.7. The maximum Gasteiger partial charge on any atom is 0.354 e. The van der Waals surface area contributed by atoms with E-state index in [-0.39, 0.29) is 18.1 Å². The Labute approximate surface area is 117 Å². The lowest BCUT2D eigenvalue weighted by Gasteiger charge is -2.07. The van der Waals surface area contributed by atoms with Crippen LogP contribution in [0.1, 0.15) is 16.2 Å². The highest BCUT2D eigenvalue weighted by Crippen LogP contribution is 2.19. The van der Waals surface area contributed by atoms with E-state index in [1.165, 1.54) is 12.1 Å². The minimum atomic E-state index is -1.09. The molecule has 0 atom stereocenters. The van der Waals surface area contributed by atoms with E-state index in [1.807, 2.05) is 0 Å². The van der Waals surface area contributed by atoms with Crippen LogP contribution in [0.4, 0.5) is 10.1 Å². The van der Waals surface area contributed by atoms with Gasteiger partial charge in [0.1, 0.15) is 11.5 Å². The van der Waals surface area contributed by atoms with Gasteiger partial charge in [0.15, 0.2) is 0 Å². The fourth-order valence-electron chi connectivity index (χ4n) is 1.52. The number of pyridine rings is 1. The molecule has 2 aromatic rings. The molecule has 0 fully saturated rings. The SMILES string of the molecule is O=C(O)c1cccc(CNc2ccc(Br)cc2F)n1. The number of nitrogens with one attached hydrogen (secondary N) is 1. The molecule has 2 rings (SSSR count). The van der Waals surface area contributed by atoms with Crippen LogP contribution in [-0.2, 0) is 6.54 Å². The molecule has 0 aliphatic heterocycles. The third-order valence-electron chi connectivity index (χ3n) is 2.42. The number of benzene rings is 1. The van der Waals surface area contributed by atoms with Crippen molar-refractivity contribution in [2.24, 2.45) is 0 Å². The number of aromatic carboxylic acids is 1. The minimum absolute atomic E-state index is 0.0319. The molecule has 2 N–H and O–H groups in total. The van der Waals surface area contributed by atoms with Gasteiger partial charge in [0.2, 0.25) is 0 Å². The lowest BCUT2D eigenvalue weighted by atomic mass is 10.2. The van der Waals surface area contributed by atoms with Crippen LogP contribution in [0.25, 0.3) is 0 Å². The highest BCUT2D eigenvalue weighted by atomic mass is 79.9. The van der Waals surface area contributed by atoms with E-state index in [4.69, 9.17) is 5.11 Å². The standard InChI is InChI=1S/C13H10BrFN2O2/c14-8-4-5-11(10(15)6-8)16-7-9-2-1-3-12(17-9)13(18)19/h1-6,16H,7H2,(H,18,19). The largest absolute Gasteiger partial charge is 0.477 e. The number of carboxylic acid groups (broad SMARTS) is 1. The van der Waals surface area contributed by atoms with Gasteiger partial charge in [-0.15, -0.1) is 0 Å². The summed E-state index contributed by atoms with van der Waals surface area (Å²) in [5.41, 5.74) is 0.837. The van der Waals surface area contributed by atoms with E-state index in [0.29, 0.717) is 15.9 Å². The zero-order chi connectivity index (χ0) is 13.8. The van der Waals surface area contributed by atoms with E-state index in [2.05, 4.69) is 26.2 Å². The zero-order valence-electron chi connectivity index (χ0n) is 9.73. The highest BCUT2D eigenvalue weighted by Gasteiger charge is 2.06. The summed E-state index contributed by atoms with van der Waals surface area (Å²) < 4.78 is 14.2. The number of anilines is 1. The van der Waals surface area contributed by atoms with Crippen molar-refractivity contribution in [1.82, 2.24) is 4.98 Å². The predicted octanol–water partition coefficient (Wildman–Crippen LogP) is 3.29. The molecule has 0 spiro atoms. The average molecular weight is 325 g/mol. The molecule has 0 amide bonds. The van der Waals surface area contributed by atoms with Crippen molar-refractivity contribution < 1.29 is 14.3 Å². The van der Waals surface area contributed by atoms with Gasteiger partial charge in [0, 0.05) is 4.47 Å². The number of carboxylic acids is 1. The van der Waals surface area contributed by atoms with Gasteiger partial charge < -0.3 is 10.4 Å². The monoisotopic (exact) mass is 324 g/mol. The minimum Gasteiger partial charge on any atom is -0.477 e. The number of aromatic nitrogens is 1. The number of hydrogen-bond acceptors (Lipinski definition) is 3. The van der Waals surface area contributed by atoms with Crippen LogP contribution < -0.4 is 5.32 Å². The van der Waals surface area contributed by atoms with Crippen molar-refractivity contribution in [3.63, 3.8) is 0 Å². The van der Waals surface area contributed by atoms with E-state index in [9.17, 15) is 9.18 Å². The van der Waals surface area contributed by atoms with Crippen LogP contribution in [0.3, 0.4) is 0 Å². The van der Waals surface area contributed by atoms with Gasteiger partial charge in [-0.25, -0.2) is 14.2 Å². The van der Waals surface area contributed by atoms with Gasteiger partial charge in [0.25, 0.3) is 0 Å².